The molecular weight excluding hydrogens is 365 g/mol. The molecule has 8 heteroatoms. The molecule has 2 N–H and O–H groups in total. The van der Waals surface area contributed by atoms with E-state index in [4.69, 9.17) is 23.2 Å². The van der Waals surface area contributed by atoms with Gasteiger partial charge in [-0.1, -0.05) is 41.4 Å². The molecule has 25 heavy (non-hydrogen) atoms. The van der Waals surface area contributed by atoms with E-state index in [1.54, 1.807) is 6.07 Å². The van der Waals surface area contributed by atoms with E-state index < -0.39 is 10.8 Å². The number of amides is 1. The van der Waals surface area contributed by atoms with Gasteiger partial charge in [-0.15, -0.1) is 0 Å². The zero-order chi connectivity index (χ0) is 18.6. The second-order valence-electron chi connectivity index (χ2n) is 5.78. The van der Waals surface area contributed by atoms with Gasteiger partial charge in [-0.05, 0) is 18.2 Å². The van der Waals surface area contributed by atoms with Crippen molar-refractivity contribution in [1.82, 2.24) is 5.32 Å². The van der Waals surface area contributed by atoms with Crippen molar-refractivity contribution in [3.8, 4) is 0 Å². The molecule has 0 aliphatic heterocycles. The Balaban J connectivity index is 2.16. The Hall–Kier alpha value is -2.15. The zero-order valence-corrected chi connectivity index (χ0v) is 15.3. The topological polar surface area (TPSA) is 76.7 Å². The number of carbonyl (C=O) groups excluding carboxylic acids is 1. The Labute approximate surface area is 155 Å². The summed E-state index contributed by atoms with van der Waals surface area (Å²) >= 11 is 12.0. The van der Waals surface area contributed by atoms with Gasteiger partial charge >= 0.3 is 0 Å². The van der Waals surface area contributed by atoms with Crippen LogP contribution in [0.2, 0.25) is 10.0 Å². The number of rotatable bonds is 6. The molecule has 0 saturated heterocycles. The second-order valence-corrected chi connectivity index (χ2v) is 6.60. The fourth-order valence-corrected chi connectivity index (χ4v) is 2.93. The number of hydrogen-bond acceptors (Lipinski definition) is 3. The molecule has 2 aromatic rings. The standard InChI is InChI=1S/C17H17Cl2N3O3/c1-21(2)16(12-5-3-4-6-13(12)18)10-20-17(23)11-7-8-14(19)15(9-11)22(24)25/h3-9,16H,10H2,1-2H3,(H,20,23)/p+1/t16-/m1/s1. The Morgan fingerprint density at radius 2 is 1.88 bits per heavy atom. The molecule has 0 saturated carbocycles. The predicted molar refractivity (Wildman–Crippen MR) is 97.4 cm³/mol. The average Bonchev–Trinajstić information content (AvgIpc) is 2.56. The third-order valence-electron chi connectivity index (χ3n) is 3.85. The number of nitrogens with zero attached hydrogens (tertiary/aromatic N) is 1. The minimum atomic E-state index is -0.615. The van der Waals surface area contributed by atoms with E-state index in [0.717, 1.165) is 10.5 Å². The lowest BCUT2D eigenvalue weighted by atomic mass is 10.1. The lowest BCUT2D eigenvalue weighted by Crippen LogP contribution is -3.07. The largest absolute Gasteiger partial charge is 0.346 e. The number of nitro groups is 1. The first-order chi connectivity index (χ1) is 11.8. The van der Waals surface area contributed by atoms with Gasteiger partial charge in [0.05, 0.1) is 25.6 Å². The van der Waals surface area contributed by atoms with E-state index in [-0.39, 0.29) is 22.3 Å². The van der Waals surface area contributed by atoms with Gasteiger partial charge in [-0.3, -0.25) is 14.9 Å². The van der Waals surface area contributed by atoms with E-state index in [1.165, 1.54) is 18.2 Å². The summed E-state index contributed by atoms with van der Waals surface area (Å²) in [5.41, 5.74) is 0.810. The minimum absolute atomic E-state index is 0.00627. The highest BCUT2D eigenvalue weighted by atomic mass is 35.5. The van der Waals surface area contributed by atoms with Crippen LogP contribution >= 0.6 is 23.2 Å². The molecule has 132 valence electrons. The van der Waals surface area contributed by atoms with Crippen molar-refractivity contribution < 1.29 is 14.6 Å². The highest BCUT2D eigenvalue weighted by Gasteiger charge is 2.22. The fourth-order valence-electron chi connectivity index (χ4n) is 2.47. The molecule has 0 aliphatic rings. The summed E-state index contributed by atoms with van der Waals surface area (Å²) in [4.78, 5) is 23.8. The molecule has 0 heterocycles. The number of likely N-dealkylation sites (N-methyl/N-ethyl adjacent to an activating group) is 1. The van der Waals surface area contributed by atoms with Crippen LogP contribution in [0.25, 0.3) is 0 Å². The highest BCUT2D eigenvalue weighted by Crippen LogP contribution is 2.25. The number of quaternary nitrogens is 1. The zero-order valence-electron chi connectivity index (χ0n) is 13.8. The van der Waals surface area contributed by atoms with Crippen molar-refractivity contribution in [3.05, 3.63) is 73.8 Å². The number of nitro benzene ring substituents is 1. The summed E-state index contributed by atoms with van der Waals surface area (Å²) < 4.78 is 0. The molecule has 0 aliphatic carbocycles. The van der Waals surface area contributed by atoms with Crippen molar-refractivity contribution in [2.24, 2.45) is 0 Å². The van der Waals surface area contributed by atoms with Gasteiger partial charge < -0.3 is 10.2 Å². The van der Waals surface area contributed by atoms with E-state index >= 15 is 0 Å². The van der Waals surface area contributed by atoms with Crippen LogP contribution in [-0.2, 0) is 0 Å². The van der Waals surface area contributed by atoms with Crippen molar-refractivity contribution in [1.29, 1.82) is 0 Å². The van der Waals surface area contributed by atoms with Crippen LogP contribution in [0.5, 0.6) is 0 Å². The Morgan fingerprint density at radius 1 is 1.20 bits per heavy atom. The molecule has 1 amide bonds. The SMILES string of the molecule is C[NH+](C)[C@H](CNC(=O)c1ccc(Cl)c([N+](=O)[O-])c1)c1ccccc1Cl. The molecule has 2 rings (SSSR count). The van der Waals surface area contributed by atoms with Crippen LogP contribution < -0.4 is 10.2 Å². The molecule has 0 unspecified atom stereocenters. The Bertz CT molecular complexity index is 796. The first-order valence-corrected chi connectivity index (χ1v) is 8.33. The molecule has 0 aromatic heterocycles. The van der Waals surface area contributed by atoms with Crippen molar-refractivity contribution in [2.75, 3.05) is 20.6 Å². The number of halogens is 2. The molecule has 0 spiro atoms. The lowest BCUT2D eigenvalue weighted by molar-refractivity contribution is -0.890. The molecule has 0 bridgehead atoms. The average molecular weight is 383 g/mol. The summed E-state index contributed by atoms with van der Waals surface area (Å²) in [6.07, 6.45) is 0. The van der Waals surface area contributed by atoms with Gasteiger partial charge in [0, 0.05) is 22.2 Å². The first-order valence-electron chi connectivity index (χ1n) is 7.58. The molecule has 0 radical (unpaired) electrons. The monoisotopic (exact) mass is 382 g/mol. The van der Waals surface area contributed by atoms with Crippen LogP contribution in [0, 0.1) is 10.1 Å². The maximum atomic E-state index is 12.4. The number of nitrogens with one attached hydrogen (secondary N) is 2. The van der Waals surface area contributed by atoms with Gasteiger partial charge in [-0.2, -0.15) is 0 Å². The van der Waals surface area contributed by atoms with Crippen LogP contribution in [0.4, 0.5) is 5.69 Å². The molecule has 1 atom stereocenters. The van der Waals surface area contributed by atoms with Crippen LogP contribution in [0.1, 0.15) is 22.0 Å². The van der Waals surface area contributed by atoms with Crippen LogP contribution in [0.15, 0.2) is 42.5 Å². The molecule has 2 aromatic carbocycles. The quantitative estimate of drug-likeness (QED) is 0.595. The van der Waals surface area contributed by atoms with Gasteiger partial charge in [0.1, 0.15) is 11.1 Å². The third kappa shape index (κ3) is 4.69. The van der Waals surface area contributed by atoms with E-state index in [2.05, 4.69) is 5.32 Å². The second kappa shape index (κ2) is 8.29. The summed E-state index contributed by atoms with van der Waals surface area (Å²) in [7, 11) is 3.93. The van der Waals surface area contributed by atoms with Crippen LogP contribution in [0.3, 0.4) is 0 Å². The molecule has 6 nitrogen and oxygen atoms in total. The van der Waals surface area contributed by atoms with E-state index in [1.807, 2.05) is 32.3 Å². The number of benzene rings is 2. The van der Waals surface area contributed by atoms with Gasteiger partial charge in [-0.25, -0.2) is 0 Å². The van der Waals surface area contributed by atoms with E-state index in [9.17, 15) is 14.9 Å². The number of carbonyl (C=O) groups is 1. The summed E-state index contributed by atoms with van der Waals surface area (Å²) in [6, 6.07) is 11.4. The maximum Gasteiger partial charge on any atom is 0.288 e. The van der Waals surface area contributed by atoms with Crippen molar-refractivity contribution >= 4 is 34.8 Å². The van der Waals surface area contributed by atoms with E-state index in [0.29, 0.717) is 11.6 Å². The maximum absolute atomic E-state index is 12.4. The predicted octanol–water partition coefficient (Wildman–Crippen LogP) is 2.52. The Kier molecular flexibility index (Phi) is 6.36. The van der Waals surface area contributed by atoms with Crippen molar-refractivity contribution in [2.45, 2.75) is 6.04 Å². The molecule has 0 fully saturated rings. The van der Waals surface area contributed by atoms with Crippen molar-refractivity contribution in [3.63, 3.8) is 0 Å². The van der Waals surface area contributed by atoms with Gasteiger partial charge in [0.2, 0.25) is 0 Å². The highest BCUT2D eigenvalue weighted by molar-refractivity contribution is 6.32. The lowest BCUT2D eigenvalue weighted by Gasteiger charge is -2.23. The van der Waals surface area contributed by atoms with Gasteiger partial charge in [0.15, 0.2) is 0 Å². The molecular formula is C17H18Cl2N3O3+. The third-order valence-corrected chi connectivity index (χ3v) is 4.51. The minimum Gasteiger partial charge on any atom is -0.346 e. The smallest absolute Gasteiger partial charge is 0.288 e. The summed E-state index contributed by atoms with van der Waals surface area (Å²) in [5, 5.41) is 14.4. The summed E-state index contributed by atoms with van der Waals surface area (Å²) in [5.74, 6) is -0.405. The summed E-state index contributed by atoms with van der Waals surface area (Å²) in [6.45, 7) is 0.335. The first kappa shape index (κ1) is 19.2. The fraction of sp³-hybridized carbons (Fsp3) is 0.235. The van der Waals surface area contributed by atoms with Crippen LogP contribution in [-0.4, -0.2) is 31.5 Å². The Morgan fingerprint density at radius 3 is 2.48 bits per heavy atom. The van der Waals surface area contributed by atoms with Gasteiger partial charge in [0.25, 0.3) is 11.6 Å². The normalized spacial score (nSPS) is 12.0. The number of hydrogen-bond donors (Lipinski definition) is 2.